The first kappa shape index (κ1) is 13.5. The van der Waals surface area contributed by atoms with Crippen LogP contribution in [0.4, 0.5) is 22.0 Å². The van der Waals surface area contributed by atoms with Crippen LogP contribution in [-0.2, 0) is 12.7 Å². The van der Waals surface area contributed by atoms with Crippen LogP contribution in [0.1, 0.15) is 33.6 Å². The summed E-state index contributed by atoms with van der Waals surface area (Å²) in [5.74, 6) is 0. The summed E-state index contributed by atoms with van der Waals surface area (Å²) in [4.78, 5) is 13.9. The third-order valence-corrected chi connectivity index (χ3v) is 2.08. The first-order chi connectivity index (χ1) is 7.82. The van der Waals surface area contributed by atoms with Crippen molar-refractivity contribution in [2.24, 2.45) is 5.73 Å². The number of nitrogens with zero attached hydrogens (tertiary/aromatic N) is 1. The lowest BCUT2D eigenvalue weighted by Crippen LogP contribution is -2.16. The van der Waals surface area contributed by atoms with Crippen LogP contribution in [0.5, 0.6) is 0 Å². The van der Waals surface area contributed by atoms with E-state index in [0.29, 0.717) is 0 Å². The van der Waals surface area contributed by atoms with Crippen LogP contribution in [0.3, 0.4) is 0 Å². The van der Waals surface area contributed by atoms with Crippen LogP contribution in [0.15, 0.2) is 6.20 Å². The summed E-state index contributed by atoms with van der Waals surface area (Å²) in [5, 5.41) is 0. The van der Waals surface area contributed by atoms with Gasteiger partial charge in [0.2, 0.25) is 0 Å². The van der Waals surface area contributed by atoms with E-state index < -0.39 is 35.8 Å². The second-order valence-electron chi connectivity index (χ2n) is 3.07. The first-order valence-electron chi connectivity index (χ1n) is 4.35. The molecule has 94 valence electrons. The SMILES string of the molecule is NCc1ncc(C(F)(F)F)c(C(F)F)c1C=O. The fraction of sp³-hybridized carbons (Fsp3) is 0.333. The van der Waals surface area contributed by atoms with E-state index in [2.05, 4.69) is 4.98 Å². The fourth-order valence-electron chi connectivity index (χ4n) is 1.34. The molecular formula is C9H7F5N2O. The lowest BCUT2D eigenvalue weighted by Gasteiger charge is -2.15. The van der Waals surface area contributed by atoms with Gasteiger partial charge < -0.3 is 5.73 Å². The van der Waals surface area contributed by atoms with Gasteiger partial charge in [-0.1, -0.05) is 0 Å². The van der Waals surface area contributed by atoms with E-state index in [1.54, 1.807) is 0 Å². The lowest BCUT2D eigenvalue weighted by molar-refractivity contribution is -0.139. The van der Waals surface area contributed by atoms with Crippen molar-refractivity contribution in [3.63, 3.8) is 0 Å². The van der Waals surface area contributed by atoms with Crippen LogP contribution >= 0.6 is 0 Å². The zero-order valence-corrected chi connectivity index (χ0v) is 8.26. The minimum Gasteiger partial charge on any atom is -0.325 e. The van der Waals surface area contributed by atoms with E-state index in [0.717, 1.165) is 0 Å². The molecule has 0 spiro atoms. The number of pyridine rings is 1. The number of alkyl halides is 5. The number of carbonyl (C=O) groups is 1. The number of aldehydes is 1. The van der Waals surface area contributed by atoms with Crippen molar-refractivity contribution >= 4 is 6.29 Å². The standard InChI is InChI=1S/C9H7F5N2O/c10-8(11)7-4(3-17)6(1-15)16-2-5(7)9(12,13)14/h2-3,8H,1,15H2. The van der Waals surface area contributed by atoms with Crippen LogP contribution in [0, 0.1) is 0 Å². The summed E-state index contributed by atoms with van der Waals surface area (Å²) in [6.45, 7) is -0.397. The second kappa shape index (κ2) is 4.74. The zero-order chi connectivity index (χ0) is 13.2. The number of hydrogen-bond donors (Lipinski definition) is 1. The molecule has 1 rings (SSSR count). The molecule has 17 heavy (non-hydrogen) atoms. The number of carbonyl (C=O) groups excluding carboxylic acids is 1. The summed E-state index contributed by atoms with van der Waals surface area (Å²) in [6, 6.07) is 0. The van der Waals surface area contributed by atoms with E-state index in [1.807, 2.05) is 0 Å². The van der Waals surface area contributed by atoms with Gasteiger partial charge in [-0.05, 0) is 0 Å². The average Bonchev–Trinajstić information content (AvgIpc) is 2.25. The average molecular weight is 254 g/mol. The van der Waals surface area contributed by atoms with Gasteiger partial charge in [-0.25, -0.2) is 8.78 Å². The number of hydrogen-bond acceptors (Lipinski definition) is 3. The van der Waals surface area contributed by atoms with Gasteiger partial charge in [0, 0.05) is 23.9 Å². The number of aromatic nitrogens is 1. The first-order valence-corrected chi connectivity index (χ1v) is 4.35. The lowest BCUT2D eigenvalue weighted by atomic mass is 10.0. The monoisotopic (exact) mass is 254 g/mol. The molecule has 0 aromatic carbocycles. The number of rotatable bonds is 3. The van der Waals surface area contributed by atoms with Crippen molar-refractivity contribution in [3.8, 4) is 0 Å². The Morgan fingerprint density at radius 3 is 2.35 bits per heavy atom. The Morgan fingerprint density at radius 1 is 1.41 bits per heavy atom. The largest absolute Gasteiger partial charge is 0.418 e. The van der Waals surface area contributed by atoms with Gasteiger partial charge in [-0.3, -0.25) is 9.78 Å². The molecule has 0 amide bonds. The Morgan fingerprint density at radius 2 is 2.00 bits per heavy atom. The molecule has 0 radical (unpaired) electrons. The van der Waals surface area contributed by atoms with E-state index in [1.165, 1.54) is 0 Å². The normalized spacial score (nSPS) is 11.9. The van der Waals surface area contributed by atoms with Crippen molar-refractivity contribution in [2.75, 3.05) is 0 Å². The van der Waals surface area contributed by atoms with Crippen molar-refractivity contribution in [1.29, 1.82) is 0 Å². The predicted molar refractivity (Wildman–Crippen MR) is 47.5 cm³/mol. The second-order valence-corrected chi connectivity index (χ2v) is 3.07. The quantitative estimate of drug-likeness (QED) is 0.665. The van der Waals surface area contributed by atoms with Crippen LogP contribution in [0.2, 0.25) is 0 Å². The highest BCUT2D eigenvalue weighted by Gasteiger charge is 2.38. The van der Waals surface area contributed by atoms with Crippen molar-refractivity contribution in [2.45, 2.75) is 19.1 Å². The minimum atomic E-state index is -5.00. The van der Waals surface area contributed by atoms with Gasteiger partial charge in [0.05, 0.1) is 11.3 Å². The molecule has 2 N–H and O–H groups in total. The molecule has 1 aromatic heterocycles. The molecule has 0 saturated carbocycles. The van der Waals surface area contributed by atoms with Gasteiger partial charge in [-0.15, -0.1) is 0 Å². The molecule has 0 unspecified atom stereocenters. The van der Waals surface area contributed by atoms with Crippen molar-refractivity contribution < 1.29 is 26.7 Å². The Balaban J connectivity index is 3.59. The Kier molecular flexibility index (Phi) is 3.76. The number of halogens is 5. The Labute approximate surface area is 92.4 Å². The molecule has 0 aliphatic heterocycles. The summed E-state index contributed by atoms with van der Waals surface area (Å²) >= 11 is 0. The highest BCUT2D eigenvalue weighted by atomic mass is 19.4. The van der Waals surface area contributed by atoms with Gasteiger partial charge >= 0.3 is 6.18 Å². The summed E-state index contributed by atoms with van der Waals surface area (Å²) < 4.78 is 62.5. The maximum absolute atomic E-state index is 12.6. The maximum atomic E-state index is 12.6. The van der Waals surface area contributed by atoms with Gasteiger partial charge in [0.15, 0.2) is 6.29 Å². The maximum Gasteiger partial charge on any atom is 0.418 e. The molecule has 8 heteroatoms. The minimum absolute atomic E-state index is 0.0913. The molecule has 0 aliphatic carbocycles. The van der Waals surface area contributed by atoms with E-state index in [-0.39, 0.29) is 18.2 Å². The molecule has 1 aromatic rings. The van der Waals surface area contributed by atoms with Crippen LogP contribution in [0.25, 0.3) is 0 Å². The molecule has 0 aliphatic rings. The number of nitrogens with two attached hydrogens (primary N) is 1. The Bertz CT molecular complexity index is 430. The molecular weight excluding hydrogens is 247 g/mol. The van der Waals surface area contributed by atoms with Gasteiger partial charge in [-0.2, -0.15) is 13.2 Å². The summed E-state index contributed by atoms with van der Waals surface area (Å²) in [5.41, 5.74) is 1.03. The highest BCUT2D eigenvalue weighted by molar-refractivity contribution is 5.79. The smallest absolute Gasteiger partial charge is 0.325 e. The molecule has 0 atom stereocenters. The summed E-state index contributed by atoms with van der Waals surface area (Å²) in [6.07, 6.45) is -8.26. The third kappa shape index (κ3) is 2.57. The van der Waals surface area contributed by atoms with Gasteiger partial charge in [0.25, 0.3) is 6.43 Å². The van der Waals surface area contributed by atoms with Crippen molar-refractivity contribution in [3.05, 3.63) is 28.6 Å². The Hall–Kier alpha value is -1.57. The topological polar surface area (TPSA) is 56.0 Å². The summed E-state index contributed by atoms with van der Waals surface area (Å²) in [7, 11) is 0. The zero-order valence-electron chi connectivity index (χ0n) is 8.26. The molecule has 1 heterocycles. The van der Waals surface area contributed by atoms with E-state index >= 15 is 0 Å². The molecule has 3 nitrogen and oxygen atoms in total. The predicted octanol–water partition coefficient (Wildman–Crippen LogP) is 2.31. The highest BCUT2D eigenvalue weighted by Crippen LogP contribution is 2.37. The van der Waals surface area contributed by atoms with Crippen molar-refractivity contribution in [1.82, 2.24) is 4.98 Å². The third-order valence-electron chi connectivity index (χ3n) is 2.08. The molecule has 0 fully saturated rings. The van der Waals surface area contributed by atoms with E-state index in [4.69, 9.17) is 5.73 Å². The molecule has 0 bridgehead atoms. The fourth-order valence-corrected chi connectivity index (χ4v) is 1.34. The van der Waals surface area contributed by atoms with Crippen LogP contribution < -0.4 is 5.73 Å². The van der Waals surface area contributed by atoms with Gasteiger partial charge in [0.1, 0.15) is 0 Å². The molecule has 0 saturated heterocycles. The van der Waals surface area contributed by atoms with Crippen LogP contribution in [-0.4, -0.2) is 11.3 Å². The van der Waals surface area contributed by atoms with E-state index in [9.17, 15) is 26.7 Å².